The first-order valence-corrected chi connectivity index (χ1v) is 6.78. The van der Waals surface area contributed by atoms with Crippen molar-refractivity contribution in [3.05, 3.63) is 20.8 Å². The molecule has 1 N–H and O–H groups in total. The highest BCUT2D eigenvalue weighted by molar-refractivity contribution is 9.10. The highest BCUT2D eigenvalue weighted by Crippen LogP contribution is 2.29. The first kappa shape index (κ1) is 13.9. The third-order valence-electron chi connectivity index (χ3n) is 1.48. The van der Waals surface area contributed by atoms with Crippen molar-refractivity contribution in [3.63, 3.8) is 0 Å². The molecule has 0 bridgehead atoms. The molecule has 1 aromatic heterocycles. The normalized spacial score (nSPS) is 11.5. The SMILES string of the molecule is O=C(NCCSC(F)(F)F)c1sccc1Br. The van der Waals surface area contributed by atoms with Gasteiger partial charge < -0.3 is 5.32 Å². The van der Waals surface area contributed by atoms with Gasteiger partial charge in [-0.1, -0.05) is 0 Å². The van der Waals surface area contributed by atoms with E-state index in [1.807, 2.05) is 0 Å². The van der Waals surface area contributed by atoms with Crippen molar-refractivity contribution in [2.75, 3.05) is 12.3 Å². The monoisotopic (exact) mass is 333 g/mol. The van der Waals surface area contributed by atoms with Crippen LogP contribution in [0.4, 0.5) is 13.2 Å². The van der Waals surface area contributed by atoms with Crippen LogP contribution in [0.15, 0.2) is 15.9 Å². The second-order valence-electron chi connectivity index (χ2n) is 2.65. The quantitative estimate of drug-likeness (QED) is 0.854. The van der Waals surface area contributed by atoms with E-state index in [1.54, 1.807) is 11.4 Å². The summed E-state index contributed by atoms with van der Waals surface area (Å²) < 4.78 is 35.9. The third kappa shape index (κ3) is 4.75. The Kier molecular flexibility index (Phi) is 5.13. The molecule has 0 radical (unpaired) electrons. The maximum atomic E-state index is 11.8. The standard InChI is InChI=1S/C8H7BrF3NOS2/c9-5-1-3-15-6(5)7(14)13-2-4-16-8(10,11)12/h1,3H,2,4H2,(H,13,14). The number of alkyl halides is 3. The number of thioether (sulfide) groups is 1. The number of amides is 1. The van der Waals surface area contributed by atoms with Gasteiger partial charge in [0.25, 0.3) is 5.91 Å². The Morgan fingerprint density at radius 3 is 2.75 bits per heavy atom. The molecule has 16 heavy (non-hydrogen) atoms. The van der Waals surface area contributed by atoms with E-state index in [0.29, 0.717) is 9.35 Å². The smallest absolute Gasteiger partial charge is 0.350 e. The van der Waals surface area contributed by atoms with Crippen LogP contribution in [0.1, 0.15) is 9.67 Å². The van der Waals surface area contributed by atoms with Gasteiger partial charge in [0.2, 0.25) is 0 Å². The van der Waals surface area contributed by atoms with Gasteiger partial charge in [0.05, 0.1) is 0 Å². The Morgan fingerprint density at radius 2 is 2.25 bits per heavy atom. The molecule has 1 heterocycles. The fourth-order valence-corrected chi connectivity index (χ4v) is 2.77. The van der Waals surface area contributed by atoms with Gasteiger partial charge in [0.15, 0.2) is 0 Å². The number of carbonyl (C=O) groups is 1. The summed E-state index contributed by atoms with van der Waals surface area (Å²) in [6, 6.07) is 1.71. The number of thiophene rings is 1. The highest BCUT2D eigenvalue weighted by atomic mass is 79.9. The number of carbonyl (C=O) groups excluding carboxylic acids is 1. The van der Waals surface area contributed by atoms with E-state index in [-0.39, 0.29) is 30.0 Å². The Hall–Kier alpha value is -0.210. The minimum Gasteiger partial charge on any atom is -0.350 e. The van der Waals surface area contributed by atoms with Crippen molar-refractivity contribution in [2.24, 2.45) is 0 Å². The molecule has 0 fully saturated rings. The van der Waals surface area contributed by atoms with Gasteiger partial charge in [-0.15, -0.1) is 11.3 Å². The minimum absolute atomic E-state index is 0.00660. The zero-order chi connectivity index (χ0) is 12.2. The lowest BCUT2D eigenvalue weighted by molar-refractivity contribution is -0.0327. The molecule has 0 unspecified atom stereocenters. The Morgan fingerprint density at radius 1 is 1.56 bits per heavy atom. The van der Waals surface area contributed by atoms with Gasteiger partial charge in [-0.25, -0.2) is 0 Å². The molecule has 0 aliphatic heterocycles. The van der Waals surface area contributed by atoms with Gasteiger partial charge in [-0.3, -0.25) is 4.79 Å². The number of hydrogen-bond donors (Lipinski definition) is 1. The van der Waals surface area contributed by atoms with Crippen molar-refractivity contribution >= 4 is 44.9 Å². The van der Waals surface area contributed by atoms with Crippen LogP contribution in [0.25, 0.3) is 0 Å². The first-order chi connectivity index (χ1) is 7.40. The summed E-state index contributed by atoms with van der Waals surface area (Å²) in [5.74, 6) is -0.539. The maximum absolute atomic E-state index is 11.8. The third-order valence-corrected chi connectivity index (χ3v) is 4.05. The summed E-state index contributed by atoms with van der Waals surface area (Å²) in [6.45, 7) is -0.00660. The molecule has 0 aliphatic carbocycles. The van der Waals surface area contributed by atoms with E-state index < -0.39 is 5.51 Å². The number of hydrogen-bond acceptors (Lipinski definition) is 3. The van der Waals surface area contributed by atoms with Crippen LogP contribution in [0.5, 0.6) is 0 Å². The largest absolute Gasteiger partial charge is 0.441 e. The fourth-order valence-electron chi connectivity index (χ4n) is 0.867. The minimum atomic E-state index is -4.24. The lowest BCUT2D eigenvalue weighted by Gasteiger charge is -2.06. The van der Waals surface area contributed by atoms with Crippen LogP contribution in [-0.2, 0) is 0 Å². The maximum Gasteiger partial charge on any atom is 0.441 e. The zero-order valence-electron chi connectivity index (χ0n) is 7.81. The van der Waals surface area contributed by atoms with E-state index in [4.69, 9.17) is 0 Å². The van der Waals surface area contributed by atoms with Gasteiger partial charge >= 0.3 is 5.51 Å². The summed E-state index contributed by atoms with van der Waals surface area (Å²) in [6.07, 6.45) is 0. The van der Waals surface area contributed by atoms with E-state index in [1.165, 1.54) is 11.3 Å². The molecule has 0 saturated heterocycles. The summed E-state index contributed by atoms with van der Waals surface area (Å²) in [4.78, 5) is 11.9. The van der Waals surface area contributed by atoms with Gasteiger partial charge in [0, 0.05) is 16.8 Å². The van der Waals surface area contributed by atoms with Crippen molar-refractivity contribution in [1.29, 1.82) is 0 Å². The van der Waals surface area contributed by atoms with Crippen molar-refractivity contribution in [2.45, 2.75) is 5.51 Å². The molecule has 1 aromatic rings. The molecule has 0 aromatic carbocycles. The zero-order valence-corrected chi connectivity index (χ0v) is 11.0. The van der Waals surface area contributed by atoms with Gasteiger partial charge in [-0.05, 0) is 39.1 Å². The number of rotatable bonds is 4. The van der Waals surface area contributed by atoms with Gasteiger partial charge in [-0.2, -0.15) is 13.2 Å². The average molecular weight is 334 g/mol. The molecule has 1 rings (SSSR count). The van der Waals surface area contributed by atoms with Crippen LogP contribution in [-0.4, -0.2) is 23.7 Å². The molecule has 0 aliphatic rings. The molecule has 8 heteroatoms. The Bertz CT molecular complexity index is 366. The lowest BCUT2D eigenvalue weighted by Crippen LogP contribution is -2.26. The van der Waals surface area contributed by atoms with Crippen molar-refractivity contribution in [3.8, 4) is 0 Å². The second kappa shape index (κ2) is 5.92. The molecule has 0 spiro atoms. The van der Waals surface area contributed by atoms with E-state index in [2.05, 4.69) is 21.2 Å². The summed E-state index contributed by atoms with van der Waals surface area (Å²) >= 11 is 4.26. The van der Waals surface area contributed by atoms with Crippen molar-refractivity contribution < 1.29 is 18.0 Å². The number of halogens is 4. The van der Waals surface area contributed by atoms with Crippen LogP contribution in [0, 0.1) is 0 Å². The molecule has 90 valence electrons. The van der Waals surface area contributed by atoms with Crippen LogP contribution < -0.4 is 5.32 Å². The van der Waals surface area contributed by atoms with Crippen LogP contribution in [0.3, 0.4) is 0 Å². The summed E-state index contributed by atoms with van der Waals surface area (Å²) in [5.41, 5.74) is -4.24. The van der Waals surface area contributed by atoms with Crippen molar-refractivity contribution in [1.82, 2.24) is 5.32 Å². The topological polar surface area (TPSA) is 29.1 Å². The molecule has 0 atom stereocenters. The highest BCUT2D eigenvalue weighted by Gasteiger charge is 2.27. The van der Waals surface area contributed by atoms with E-state index in [9.17, 15) is 18.0 Å². The first-order valence-electron chi connectivity index (χ1n) is 4.12. The lowest BCUT2D eigenvalue weighted by atomic mass is 10.4. The second-order valence-corrected chi connectivity index (χ2v) is 5.58. The molecule has 2 nitrogen and oxygen atoms in total. The van der Waals surface area contributed by atoms with E-state index in [0.717, 1.165) is 0 Å². The molecule has 0 saturated carbocycles. The predicted octanol–water partition coefficient (Wildman–Crippen LogP) is 3.49. The summed E-state index contributed by atoms with van der Waals surface area (Å²) in [7, 11) is 0. The Balaban J connectivity index is 2.29. The van der Waals surface area contributed by atoms with Crippen LogP contribution >= 0.6 is 39.0 Å². The van der Waals surface area contributed by atoms with Gasteiger partial charge in [0.1, 0.15) is 4.88 Å². The van der Waals surface area contributed by atoms with E-state index >= 15 is 0 Å². The molecular formula is C8H7BrF3NOS2. The predicted molar refractivity (Wildman–Crippen MR) is 62.9 cm³/mol. The fraction of sp³-hybridized carbons (Fsp3) is 0.375. The number of nitrogens with one attached hydrogen (secondary N) is 1. The molecule has 1 amide bonds. The Labute approximate surface area is 107 Å². The summed E-state index contributed by atoms with van der Waals surface area (Å²) in [5, 5.41) is 4.14. The average Bonchev–Trinajstić information content (AvgIpc) is 2.57. The molecular weight excluding hydrogens is 327 g/mol. The van der Waals surface area contributed by atoms with Crippen LogP contribution in [0.2, 0.25) is 0 Å².